The molecule has 1 aliphatic rings. The summed E-state index contributed by atoms with van der Waals surface area (Å²) in [5.41, 5.74) is 9.53. The Bertz CT molecular complexity index is 461. The molecule has 1 nitrogen and oxygen atoms in total. The Morgan fingerprint density at radius 1 is 1.15 bits per heavy atom. The maximum Gasteiger partial charge on any atom is 0.0249 e. The fourth-order valence-corrected chi connectivity index (χ4v) is 4.55. The summed E-state index contributed by atoms with van der Waals surface area (Å²) in [6, 6.07) is 7.08. The summed E-state index contributed by atoms with van der Waals surface area (Å²) in [5.74, 6) is 0.796. The van der Waals surface area contributed by atoms with Crippen molar-refractivity contribution in [1.82, 2.24) is 0 Å². The van der Waals surface area contributed by atoms with Crippen LogP contribution in [0, 0.1) is 25.2 Å². The lowest BCUT2D eigenvalue weighted by Gasteiger charge is -2.40. The van der Waals surface area contributed by atoms with Crippen molar-refractivity contribution < 1.29 is 0 Å². The summed E-state index contributed by atoms with van der Waals surface area (Å²) in [6.07, 6.45) is 3.71. The Balaban J connectivity index is 2.12. The fourth-order valence-electron chi connectivity index (χ4n) is 3.07. The second-order valence-corrected chi connectivity index (χ2v) is 8.75. The number of hydrogen-bond acceptors (Lipinski definition) is 2. The Kier molecular flexibility index (Phi) is 4.86. The van der Waals surface area contributed by atoms with Gasteiger partial charge in [0, 0.05) is 16.2 Å². The van der Waals surface area contributed by atoms with Crippen LogP contribution in [0.2, 0.25) is 0 Å². The quantitative estimate of drug-likeness (QED) is 0.835. The van der Waals surface area contributed by atoms with Crippen LogP contribution in [0.15, 0.2) is 23.1 Å². The Labute approximate surface area is 128 Å². The second kappa shape index (κ2) is 6.11. The largest absolute Gasteiger partial charge is 0.327 e. The minimum absolute atomic E-state index is 0.346. The molecule has 0 aliphatic heterocycles. The summed E-state index contributed by atoms with van der Waals surface area (Å²) in [6.45, 7) is 11.5. The molecule has 1 fully saturated rings. The number of thioether (sulfide) groups is 1. The molecule has 2 rings (SSSR count). The smallest absolute Gasteiger partial charge is 0.0249 e. The van der Waals surface area contributed by atoms with Gasteiger partial charge >= 0.3 is 0 Å². The van der Waals surface area contributed by atoms with Crippen molar-refractivity contribution >= 4 is 11.8 Å². The first-order valence-corrected chi connectivity index (χ1v) is 8.65. The third kappa shape index (κ3) is 3.79. The molecule has 2 heteroatoms. The number of aryl methyl sites for hydroxylation is 2. The van der Waals surface area contributed by atoms with Crippen LogP contribution in [0.3, 0.4) is 0 Å². The normalized spacial score (nSPS) is 27.6. The molecule has 0 amide bonds. The lowest BCUT2D eigenvalue weighted by molar-refractivity contribution is 0.174. The van der Waals surface area contributed by atoms with Crippen LogP contribution < -0.4 is 5.73 Å². The zero-order valence-electron chi connectivity index (χ0n) is 13.6. The molecule has 1 aromatic carbocycles. The van der Waals surface area contributed by atoms with E-state index in [0.29, 0.717) is 16.7 Å². The summed E-state index contributed by atoms with van der Waals surface area (Å²) < 4.78 is 0. The molecule has 2 N–H and O–H groups in total. The van der Waals surface area contributed by atoms with Gasteiger partial charge in [-0.25, -0.2) is 0 Å². The zero-order chi connectivity index (χ0) is 14.9. The highest BCUT2D eigenvalue weighted by Gasteiger charge is 2.34. The first kappa shape index (κ1) is 15.9. The molecule has 0 aromatic heterocycles. The summed E-state index contributed by atoms with van der Waals surface area (Å²) >= 11 is 2.01. The fraction of sp³-hybridized carbons (Fsp3) is 0.667. The van der Waals surface area contributed by atoms with Gasteiger partial charge in [0.25, 0.3) is 0 Å². The van der Waals surface area contributed by atoms with Gasteiger partial charge in [0.15, 0.2) is 0 Å². The predicted octanol–water partition coefficient (Wildman–Crippen LogP) is 4.94. The highest BCUT2D eigenvalue weighted by molar-refractivity contribution is 8.00. The zero-order valence-corrected chi connectivity index (χ0v) is 14.4. The van der Waals surface area contributed by atoms with Crippen LogP contribution in [0.4, 0.5) is 0 Å². The van der Waals surface area contributed by atoms with Gasteiger partial charge in [-0.1, -0.05) is 38.5 Å². The van der Waals surface area contributed by atoms with E-state index in [-0.39, 0.29) is 0 Å². The van der Waals surface area contributed by atoms with Crippen molar-refractivity contribution in [1.29, 1.82) is 0 Å². The van der Waals surface area contributed by atoms with E-state index in [1.165, 1.54) is 35.3 Å². The van der Waals surface area contributed by atoms with E-state index in [9.17, 15) is 0 Å². The third-order valence-electron chi connectivity index (χ3n) is 4.69. The highest BCUT2D eigenvalue weighted by atomic mass is 32.2. The topological polar surface area (TPSA) is 26.0 Å². The lowest BCUT2D eigenvalue weighted by Crippen LogP contribution is -2.41. The Morgan fingerprint density at radius 3 is 2.50 bits per heavy atom. The predicted molar refractivity (Wildman–Crippen MR) is 90.3 cm³/mol. The molecule has 0 spiro atoms. The average Bonchev–Trinajstić information content (AvgIpc) is 2.35. The Hall–Kier alpha value is -0.470. The molecule has 1 aliphatic carbocycles. The van der Waals surface area contributed by atoms with Crippen LogP contribution in [-0.4, -0.2) is 11.3 Å². The summed E-state index contributed by atoms with van der Waals surface area (Å²) in [5, 5.41) is 0.563. The van der Waals surface area contributed by atoms with E-state index in [1.807, 2.05) is 11.8 Å². The minimum atomic E-state index is 0.346. The van der Waals surface area contributed by atoms with Gasteiger partial charge in [0.05, 0.1) is 0 Å². The van der Waals surface area contributed by atoms with Gasteiger partial charge < -0.3 is 5.73 Å². The van der Waals surface area contributed by atoms with E-state index in [1.54, 1.807) is 0 Å². The van der Waals surface area contributed by atoms with Crippen molar-refractivity contribution in [2.75, 3.05) is 0 Å². The first-order chi connectivity index (χ1) is 9.27. The van der Waals surface area contributed by atoms with Crippen molar-refractivity contribution in [2.24, 2.45) is 17.1 Å². The van der Waals surface area contributed by atoms with Crippen LogP contribution in [-0.2, 0) is 0 Å². The molecule has 3 atom stereocenters. The van der Waals surface area contributed by atoms with Crippen LogP contribution in [0.1, 0.15) is 51.2 Å². The van der Waals surface area contributed by atoms with Gasteiger partial charge in [0.2, 0.25) is 0 Å². The molecule has 20 heavy (non-hydrogen) atoms. The molecule has 1 saturated carbocycles. The lowest BCUT2D eigenvalue weighted by atomic mass is 9.71. The van der Waals surface area contributed by atoms with Gasteiger partial charge in [-0.3, -0.25) is 0 Å². The SMILES string of the molecule is Cc1ccc(C)c(SC2CC(C(C)(C)C)CCC2N)c1. The molecule has 3 unspecified atom stereocenters. The van der Waals surface area contributed by atoms with Crippen molar-refractivity contribution in [3.63, 3.8) is 0 Å². The first-order valence-electron chi connectivity index (χ1n) is 7.77. The van der Waals surface area contributed by atoms with E-state index in [4.69, 9.17) is 5.73 Å². The molecule has 0 saturated heterocycles. The molecule has 0 bridgehead atoms. The third-order valence-corrected chi connectivity index (χ3v) is 6.23. The van der Waals surface area contributed by atoms with E-state index in [2.05, 4.69) is 52.8 Å². The molecule has 1 aromatic rings. The molecular formula is C18H29NS. The van der Waals surface area contributed by atoms with E-state index in [0.717, 1.165) is 5.92 Å². The van der Waals surface area contributed by atoms with Gasteiger partial charge in [-0.15, -0.1) is 11.8 Å². The monoisotopic (exact) mass is 291 g/mol. The number of rotatable bonds is 2. The summed E-state index contributed by atoms with van der Waals surface area (Å²) in [4.78, 5) is 1.42. The van der Waals surface area contributed by atoms with E-state index < -0.39 is 0 Å². The maximum absolute atomic E-state index is 6.40. The van der Waals surface area contributed by atoms with Crippen LogP contribution in [0.5, 0.6) is 0 Å². The van der Waals surface area contributed by atoms with Crippen LogP contribution in [0.25, 0.3) is 0 Å². The molecule has 112 valence electrons. The van der Waals surface area contributed by atoms with E-state index >= 15 is 0 Å². The van der Waals surface area contributed by atoms with Crippen LogP contribution >= 0.6 is 11.8 Å². The highest BCUT2D eigenvalue weighted by Crippen LogP contribution is 2.43. The average molecular weight is 292 g/mol. The van der Waals surface area contributed by atoms with Crippen molar-refractivity contribution in [3.8, 4) is 0 Å². The number of hydrogen-bond donors (Lipinski definition) is 1. The van der Waals surface area contributed by atoms with Crippen molar-refractivity contribution in [3.05, 3.63) is 29.3 Å². The van der Waals surface area contributed by atoms with Gasteiger partial charge in [0.1, 0.15) is 0 Å². The number of nitrogens with two attached hydrogens (primary N) is 1. The maximum atomic E-state index is 6.40. The molecular weight excluding hydrogens is 262 g/mol. The standard InChI is InChI=1S/C18H29NS/c1-12-6-7-13(2)16(10-12)20-17-11-14(18(3,4)5)8-9-15(17)19/h6-7,10,14-15,17H,8-9,11,19H2,1-5H3. The van der Waals surface area contributed by atoms with Gasteiger partial charge in [-0.2, -0.15) is 0 Å². The minimum Gasteiger partial charge on any atom is -0.327 e. The summed E-state index contributed by atoms with van der Waals surface area (Å²) in [7, 11) is 0. The Morgan fingerprint density at radius 2 is 1.85 bits per heavy atom. The van der Waals surface area contributed by atoms with Crippen molar-refractivity contribution in [2.45, 2.75) is 70.1 Å². The van der Waals surface area contributed by atoms with Gasteiger partial charge in [-0.05, 0) is 56.1 Å². The molecule has 0 radical (unpaired) electrons. The second-order valence-electron chi connectivity index (χ2n) is 7.47. The number of benzene rings is 1. The molecule has 0 heterocycles.